The van der Waals surface area contributed by atoms with Gasteiger partial charge in [0.1, 0.15) is 18.9 Å². The number of carbonyl (C=O) groups excluding carboxylic acids is 1. The summed E-state index contributed by atoms with van der Waals surface area (Å²) < 4.78 is 5.82. The molecule has 0 saturated carbocycles. The number of benzene rings is 1. The first-order valence-electron chi connectivity index (χ1n) is 10.3. The van der Waals surface area contributed by atoms with Gasteiger partial charge in [-0.1, -0.05) is 24.3 Å². The Hall–Kier alpha value is -2.58. The van der Waals surface area contributed by atoms with Gasteiger partial charge in [0, 0.05) is 51.7 Å². The van der Waals surface area contributed by atoms with Crippen molar-refractivity contribution in [2.24, 2.45) is 4.99 Å². The van der Waals surface area contributed by atoms with E-state index in [0.717, 1.165) is 51.0 Å². The van der Waals surface area contributed by atoms with E-state index in [0.29, 0.717) is 6.61 Å². The van der Waals surface area contributed by atoms with Gasteiger partial charge >= 0.3 is 0 Å². The van der Waals surface area contributed by atoms with E-state index in [1.54, 1.807) is 30.3 Å². The molecule has 0 atom stereocenters. The van der Waals surface area contributed by atoms with E-state index in [2.05, 4.69) is 31.6 Å². The lowest BCUT2D eigenvalue weighted by atomic mass is 10.3. The first-order valence-corrected chi connectivity index (χ1v) is 11.2. The van der Waals surface area contributed by atoms with Crippen molar-refractivity contribution in [2.45, 2.75) is 6.54 Å². The predicted octanol–water partition coefficient (Wildman–Crippen LogP) is 1.98. The lowest BCUT2D eigenvalue weighted by Gasteiger charge is -2.36. The van der Waals surface area contributed by atoms with Gasteiger partial charge in [-0.2, -0.15) is 0 Å². The number of thiophene rings is 1. The normalized spacial score (nSPS) is 15.1. The van der Waals surface area contributed by atoms with Crippen molar-refractivity contribution < 1.29 is 9.53 Å². The third kappa shape index (κ3) is 7.03. The Morgan fingerprint density at radius 3 is 2.57 bits per heavy atom. The van der Waals surface area contributed by atoms with Crippen molar-refractivity contribution in [1.82, 2.24) is 20.0 Å². The fourth-order valence-electron chi connectivity index (χ4n) is 3.12. The highest BCUT2D eigenvalue weighted by Gasteiger charge is 2.20. The number of rotatable bonds is 8. The highest BCUT2D eigenvalue weighted by atomic mass is 32.1. The Bertz CT molecular complexity index is 787. The van der Waals surface area contributed by atoms with Crippen molar-refractivity contribution in [3.05, 3.63) is 52.7 Å². The van der Waals surface area contributed by atoms with Gasteiger partial charge in [0.15, 0.2) is 5.96 Å². The Morgan fingerprint density at radius 2 is 1.90 bits per heavy atom. The van der Waals surface area contributed by atoms with Gasteiger partial charge in [-0.15, -0.1) is 11.3 Å². The third-order valence-electron chi connectivity index (χ3n) is 4.95. The molecular formula is C22H31N5O2S. The van der Waals surface area contributed by atoms with Crippen LogP contribution >= 0.6 is 11.3 Å². The molecule has 1 saturated heterocycles. The van der Waals surface area contributed by atoms with Crippen molar-refractivity contribution in [3.8, 4) is 5.75 Å². The quantitative estimate of drug-likeness (QED) is 0.514. The van der Waals surface area contributed by atoms with Crippen molar-refractivity contribution >= 4 is 23.2 Å². The number of para-hydroxylation sites is 1. The number of nitrogens with one attached hydrogen (secondary N) is 1. The summed E-state index contributed by atoms with van der Waals surface area (Å²) in [5.41, 5.74) is 0. The number of carbonyl (C=O) groups is 1. The van der Waals surface area contributed by atoms with Crippen LogP contribution in [0.4, 0.5) is 0 Å². The summed E-state index contributed by atoms with van der Waals surface area (Å²) in [5.74, 6) is 1.72. The molecule has 3 rings (SSSR count). The number of piperazine rings is 1. The summed E-state index contributed by atoms with van der Waals surface area (Å²) in [4.78, 5) is 24.1. The number of ether oxygens (including phenoxy) is 1. The highest BCUT2D eigenvalue weighted by Crippen LogP contribution is 2.10. The minimum atomic E-state index is 0.00196. The second kappa shape index (κ2) is 11.6. The topological polar surface area (TPSA) is 60.4 Å². The van der Waals surface area contributed by atoms with Crippen LogP contribution in [-0.2, 0) is 11.3 Å². The summed E-state index contributed by atoms with van der Waals surface area (Å²) in [5, 5.41) is 5.51. The van der Waals surface area contributed by atoms with Gasteiger partial charge < -0.3 is 19.9 Å². The van der Waals surface area contributed by atoms with E-state index in [9.17, 15) is 4.79 Å². The third-order valence-corrected chi connectivity index (χ3v) is 5.83. The van der Waals surface area contributed by atoms with Crippen LogP contribution in [-0.4, -0.2) is 86.5 Å². The number of hydrogen-bond donors (Lipinski definition) is 1. The van der Waals surface area contributed by atoms with E-state index < -0.39 is 0 Å². The molecule has 1 N–H and O–H groups in total. The Balaban J connectivity index is 1.48. The molecule has 0 aliphatic carbocycles. The summed E-state index contributed by atoms with van der Waals surface area (Å²) in [6, 6.07) is 14.1. The van der Waals surface area contributed by atoms with Crippen LogP contribution in [0.5, 0.6) is 5.75 Å². The molecule has 1 aromatic carbocycles. The van der Waals surface area contributed by atoms with Crippen LogP contribution in [0.15, 0.2) is 52.8 Å². The molecule has 30 heavy (non-hydrogen) atoms. The van der Waals surface area contributed by atoms with Gasteiger partial charge in [0.2, 0.25) is 5.91 Å². The summed E-state index contributed by atoms with van der Waals surface area (Å²) in [6.07, 6.45) is 0. The smallest absolute Gasteiger partial charge is 0.243 e. The van der Waals surface area contributed by atoms with Crippen LogP contribution < -0.4 is 10.1 Å². The maximum atomic E-state index is 12.0. The van der Waals surface area contributed by atoms with E-state index >= 15 is 0 Å². The minimum absolute atomic E-state index is 0.00196. The standard InChI is InChI=1S/C22H31N5O2S/c1-25(2)21(28)18-24-22(23-17-20-9-6-16-30-20)27-12-10-26(11-13-27)14-15-29-19-7-4-3-5-8-19/h3-9,16H,10-15,17-18H2,1-2H3,(H,23,24). The molecular weight excluding hydrogens is 398 g/mol. The van der Waals surface area contributed by atoms with Crippen LogP contribution in [0.1, 0.15) is 4.88 Å². The van der Waals surface area contributed by atoms with E-state index in [4.69, 9.17) is 4.74 Å². The van der Waals surface area contributed by atoms with Gasteiger partial charge in [-0.25, -0.2) is 4.99 Å². The Morgan fingerprint density at radius 1 is 1.13 bits per heavy atom. The summed E-state index contributed by atoms with van der Waals surface area (Å²) in [6.45, 7) is 6.09. The molecule has 8 heteroatoms. The lowest BCUT2D eigenvalue weighted by molar-refractivity contribution is -0.127. The number of aliphatic imine (C=N–C) groups is 1. The van der Waals surface area contributed by atoms with Gasteiger partial charge in [-0.3, -0.25) is 9.69 Å². The van der Waals surface area contributed by atoms with Crippen molar-refractivity contribution in [3.63, 3.8) is 0 Å². The number of amides is 1. The van der Waals surface area contributed by atoms with Crippen LogP contribution in [0, 0.1) is 0 Å². The molecule has 0 spiro atoms. The molecule has 1 fully saturated rings. The maximum absolute atomic E-state index is 12.0. The largest absolute Gasteiger partial charge is 0.492 e. The summed E-state index contributed by atoms with van der Waals surface area (Å²) >= 11 is 1.72. The zero-order valence-corrected chi connectivity index (χ0v) is 18.6. The molecule has 1 amide bonds. The Labute approximate surface area is 183 Å². The monoisotopic (exact) mass is 429 g/mol. The van der Waals surface area contributed by atoms with Crippen molar-refractivity contribution in [2.75, 3.05) is 60.0 Å². The molecule has 1 aromatic heterocycles. The average Bonchev–Trinajstić information content (AvgIpc) is 3.28. The first-order chi connectivity index (χ1) is 14.6. The Kier molecular flexibility index (Phi) is 8.53. The molecule has 0 bridgehead atoms. The van der Waals surface area contributed by atoms with E-state index in [-0.39, 0.29) is 12.5 Å². The fourth-order valence-corrected chi connectivity index (χ4v) is 3.77. The second-order valence-corrected chi connectivity index (χ2v) is 8.38. The SMILES string of the molecule is CN(C)C(=O)CN=C(NCc1cccs1)N1CCN(CCOc2ccccc2)CC1. The molecule has 0 unspecified atom stereocenters. The second-order valence-electron chi connectivity index (χ2n) is 7.35. The molecule has 162 valence electrons. The number of likely N-dealkylation sites (N-methyl/N-ethyl adjacent to an activating group) is 1. The minimum Gasteiger partial charge on any atom is -0.492 e. The van der Waals surface area contributed by atoms with Crippen LogP contribution in [0.25, 0.3) is 0 Å². The van der Waals surface area contributed by atoms with Gasteiger partial charge in [0.25, 0.3) is 0 Å². The lowest BCUT2D eigenvalue weighted by Crippen LogP contribution is -2.53. The molecule has 7 nitrogen and oxygen atoms in total. The van der Waals surface area contributed by atoms with E-state index in [1.165, 1.54) is 4.88 Å². The van der Waals surface area contributed by atoms with Gasteiger partial charge in [0.05, 0.1) is 6.54 Å². The zero-order valence-electron chi connectivity index (χ0n) is 17.8. The molecule has 1 aliphatic rings. The first kappa shape index (κ1) is 22.1. The molecule has 2 heterocycles. The maximum Gasteiger partial charge on any atom is 0.243 e. The number of guanidine groups is 1. The average molecular weight is 430 g/mol. The number of nitrogens with zero attached hydrogens (tertiary/aromatic N) is 4. The molecule has 0 radical (unpaired) electrons. The highest BCUT2D eigenvalue weighted by molar-refractivity contribution is 7.09. The zero-order chi connectivity index (χ0) is 21.2. The van der Waals surface area contributed by atoms with Crippen LogP contribution in [0.3, 0.4) is 0 Å². The van der Waals surface area contributed by atoms with Crippen molar-refractivity contribution in [1.29, 1.82) is 0 Å². The number of hydrogen-bond acceptors (Lipinski definition) is 5. The van der Waals surface area contributed by atoms with Crippen LogP contribution in [0.2, 0.25) is 0 Å². The van der Waals surface area contributed by atoms with Gasteiger partial charge in [-0.05, 0) is 23.6 Å². The summed E-state index contributed by atoms with van der Waals surface area (Å²) in [7, 11) is 3.51. The molecule has 2 aromatic rings. The fraction of sp³-hybridized carbons (Fsp3) is 0.455. The predicted molar refractivity (Wildman–Crippen MR) is 122 cm³/mol. The molecule has 1 aliphatic heterocycles. The van der Waals surface area contributed by atoms with E-state index in [1.807, 2.05) is 36.4 Å².